The summed E-state index contributed by atoms with van der Waals surface area (Å²) in [6.45, 7) is 4.10. The molecule has 114 valence electrons. The van der Waals surface area contributed by atoms with Crippen LogP contribution >= 0.6 is 38.6 Å². The standard InChI is InChI=1S/C15H20BrN3S2/c1-3-17-12-5-4-6-13-14(12)18-15(21-13)19(2)8-11-7-10(16)9-20-11/h7,9,12,17H,3-6,8H2,1-2H3. The van der Waals surface area contributed by atoms with Gasteiger partial charge in [0.05, 0.1) is 18.3 Å². The molecular formula is C15H20BrN3S2. The minimum absolute atomic E-state index is 0.452. The van der Waals surface area contributed by atoms with Crippen molar-refractivity contribution < 1.29 is 0 Å². The molecule has 3 nitrogen and oxygen atoms in total. The van der Waals surface area contributed by atoms with Gasteiger partial charge in [-0.05, 0) is 47.8 Å². The van der Waals surface area contributed by atoms with Gasteiger partial charge in [0.25, 0.3) is 0 Å². The molecule has 1 atom stereocenters. The van der Waals surface area contributed by atoms with Crippen LogP contribution in [0.4, 0.5) is 5.13 Å². The molecule has 1 aliphatic rings. The highest BCUT2D eigenvalue weighted by atomic mass is 79.9. The average Bonchev–Trinajstić information content (AvgIpc) is 3.06. The first-order chi connectivity index (χ1) is 10.2. The average molecular weight is 386 g/mol. The summed E-state index contributed by atoms with van der Waals surface area (Å²) in [6, 6.07) is 2.64. The molecule has 1 unspecified atom stereocenters. The molecule has 0 spiro atoms. The van der Waals surface area contributed by atoms with Crippen LogP contribution in [0, 0.1) is 0 Å². The number of anilines is 1. The van der Waals surface area contributed by atoms with E-state index in [0.29, 0.717) is 6.04 Å². The first kappa shape index (κ1) is 15.5. The Hall–Kier alpha value is -0.430. The maximum absolute atomic E-state index is 4.93. The quantitative estimate of drug-likeness (QED) is 0.815. The van der Waals surface area contributed by atoms with E-state index in [2.05, 4.69) is 51.6 Å². The number of thiophene rings is 1. The van der Waals surface area contributed by atoms with Gasteiger partial charge in [-0.3, -0.25) is 0 Å². The van der Waals surface area contributed by atoms with Crippen molar-refractivity contribution in [2.24, 2.45) is 0 Å². The molecule has 6 heteroatoms. The molecule has 1 N–H and O–H groups in total. The van der Waals surface area contributed by atoms with E-state index in [1.807, 2.05) is 11.3 Å². The third-order valence-corrected chi connectivity index (χ3v) is 6.66. The first-order valence-corrected chi connectivity index (χ1v) is 9.83. The molecule has 0 saturated carbocycles. The van der Waals surface area contributed by atoms with Crippen molar-refractivity contribution in [2.45, 2.75) is 38.8 Å². The Balaban J connectivity index is 1.76. The lowest BCUT2D eigenvalue weighted by atomic mass is 9.98. The monoisotopic (exact) mass is 385 g/mol. The number of halogens is 1. The predicted molar refractivity (Wildman–Crippen MR) is 95.6 cm³/mol. The van der Waals surface area contributed by atoms with Gasteiger partial charge in [-0.1, -0.05) is 6.92 Å². The normalized spacial score (nSPS) is 17.8. The van der Waals surface area contributed by atoms with E-state index in [0.717, 1.165) is 18.2 Å². The summed E-state index contributed by atoms with van der Waals surface area (Å²) in [7, 11) is 2.14. The van der Waals surface area contributed by atoms with Crippen LogP contribution in [0.2, 0.25) is 0 Å². The number of aromatic nitrogens is 1. The third-order valence-electron chi connectivity index (χ3n) is 3.73. The number of fused-ring (bicyclic) bond motifs is 1. The van der Waals surface area contributed by atoms with Crippen LogP contribution in [0.1, 0.15) is 41.3 Å². The Bertz CT molecular complexity index is 608. The fourth-order valence-corrected chi connectivity index (χ4v) is 5.38. The van der Waals surface area contributed by atoms with E-state index >= 15 is 0 Å². The van der Waals surface area contributed by atoms with Crippen LogP contribution in [0.3, 0.4) is 0 Å². The highest BCUT2D eigenvalue weighted by molar-refractivity contribution is 9.10. The van der Waals surface area contributed by atoms with Crippen LogP contribution in [0.5, 0.6) is 0 Å². The molecule has 0 fully saturated rings. The van der Waals surface area contributed by atoms with Gasteiger partial charge in [-0.25, -0.2) is 4.98 Å². The highest BCUT2D eigenvalue weighted by Gasteiger charge is 2.25. The van der Waals surface area contributed by atoms with Gasteiger partial charge >= 0.3 is 0 Å². The molecule has 0 radical (unpaired) electrons. The lowest BCUT2D eigenvalue weighted by Crippen LogP contribution is -2.24. The van der Waals surface area contributed by atoms with Crippen molar-refractivity contribution in [3.8, 4) is 0 Å². The number of hydrogen-bond donors (Lipinski definition) is 1. The smallest absolute Gasteiger partial charge is 0.185 e. The minimum atomic E-state index is 0.452. The number of aryl methyl sites for hydroxylation is 1. The van der Waals surface area contributed by atoms with Gasteiger partial charge < -0.3 is 10.2 Å². The highest BCUT2D eigenvalue weighted by Crippen LogP contribution is 2.37. The summed E-state index contributed by atoms with van der Waals surface area (Å²) in [4.78, 5) is 10.0. The lowest BCUT2D eigenvalue weighted by Gasteiger charge is -2.21. The molecule has 1 aliphatic carbocycles. The van der Waals surface area contributed by atoms with E-state index in [1.165, 1.54) is 39.2 Å². The topological polar surface area (TPSA) is 28.2 Å². The zero-order valence-electron chi connectivity index (χ0n) is 12.4. The molecule has 3 rings (SSSR count). The van der Waals surface area contributed by atoms with E-state index in [9.17, 15) is 0 Å². The predicted octanol–water partition coefficient (Wildman–Crippen LogP) is 4.59. The second kappa shape index (κ2) is 6.77. The zero-order valence-corrected chi connectivity index (χ0v) is 15.6. The maximum Gasteiger partial charge on any atom is 0.185 e. The van der Waals surface area contributed by atoms with Gasteiger partial charge in [-0.2, -0.15) is 0 Å². The maximum atomic E-state index is 4.93. The Morgan fingerprint density at radius 2 is 2.38 bits per heavy atom. The Morgan fingerprint density at radius 1 is 1.52 bits per heavy atom. The summed E-state index contributed by atoms with van der Waals surface area (Å²) in [5.41, 5.74) is 1.29. The number of nitrogens with one attached hydrogen (secondary N) is 1. The first-order valence-electron chi connectivity index (χ1n) is 7.34. The van der Waals surface area contributed by atoms with Gasteiger partial charge in [-0.15, -0.1) is 22.7 Å². The number of thiazole rings is 1. The van der Waals surface area contributed by atoms with Crippen molar-refractivity contribution in [3.63, 3.8) is 0 Å². The summed E-state index contributed by atoms with van der Waals surface area (Å²) < 4.78 is 1.17. The fourth-order valence-electron chi connectivity index (χ4n) is 2.75. The van der Waals surface area contributed by atoms with E-state index in [1.54, 1.807) is 11.3 Å². The SMILES string of the molecule is CCNC1CCCc2sc(N(C)Cc3cc(Br)cs3)nc21. The Morgan fingerprint density at radius 3 is 3.10 bits per heavy atom. The third kappa shape index (κ3) is 3.50. The van der Waals surface area contributed by atoms with Crippen molar-refractivity contribution in [1.29, 1.82) is 0 Å². The largest absolute Gasteiger partial charge is 0.346 e. The molecule has 0 aliphatic heterocycles. The summed E-state index contributed by atoms with van der Waals surface area (Å²) in [5.74, 6) is 0. The van der Waals surface area contributed by atoms with Crippen molar-refractivity contribution in [1.82, 2.24) is 10.3 Å². The van der Waals surface area contributed by atoms with Gasteiger partial charge in [0.1, 0.15) is 0 Å². The molecule has 2 aromatic heterocycles. The number of rotatable bonds is 5. The summed E-state index contributed by atoms with van der Waals surface area (Å²) >= 11 is 7.18. The van der Waals surface area contributed by atoms with Crippen LogP contribution in [-0.4, -0.2) is 18.6 Å². The fraction of sp³-hybridized carbons (Fsp3) is 0.533. The molecule has 0 saturated heterocycles. The molecule has 0 aromatic carbocycles. The lowest BCUT2D eigenvalue weighted by molar-refractivity contribution is 0.465. The van der Waals surface area contributed by atoms with Crippen LogP contribution in [0.25, 0.3) is 0 Å². The van der Waals surface area contributed by atoms with Crippen LogP contribution in [-0.2, 0) is 13.0 Å². The van der Waals surface area contributed by atoms with Gasteiger partial charge in [0.15, 0.2) is 5.13 Å². The van der Waals surface area contributed by atoms with Gasteiger partial charge in [0.2, 0.25) is 0 Å². The van der Waals surface area contributed by atoms with E-state index in [-0.39, 0.29) is 0 Å². The number of hydrogen-bond acceptors (Lipinski definition) is 5. The van der Waals surface area contributed by atoms with Crippen LogP contribution in [0.15, 0.2) is 15.9 Å². The molecule has 21 heavy (non-hydrogen) atoms. The van der Waals surface area contributed by atoms with Crippen molar-refractivity contribution >= 4 is 43.7 Å². The summed E-state index contributed by atoms with van der Waals surface area (Å²) in [6.07, 6.45) is 3.67. The Kier molecular flexibility index (Phi) is 4.99. The minimum Gasteiger partial charge on any atom is -0.346 e. The molecule has 0 amide bonds. The van der Waals surface area contributed by atoms with E-state index in [4.69, 9.17) is 4.98 Å². The molecule has 0 bridgehead atoms. The molecular weight excluding hydrogens is 366 g/mol. The van der Waals surface area contributed by atoms with Crippen molar-refractivity contribution in [3.05, 3.63) is 31.4 Å². The second-order valence-corrected chi connectivity index (χ2v) is 8.37. The summed E-state index contributed by atoms with van der Waals surface area (Å²) in [5, 5.41) is 6.85. The van der Waals surface area contributed by atoms with Gasteiger partial charge in [0, 0.05) is 26.7 Å². The second-order valence-electron chi connectivity index (χ2n) is 5.39. The van der Waals surface area contributed by atoms with Crippen molar-refractivity contribution in [2.75, 3.05) is 18.5 Å². The number of nitrogens with zero attached hydrogens (tertiary/aromatic N) is 2. The molecule has 2 aromatic rings. The van der Waals surface area contributed by atoms with E-state index < -0.39 is 0 Å². The Labute approximate surface area is 142 Å². The molecule has 2 heterocycles. The van der Waals surface area contributed by atoms with Crippen LogP contribution < -0.4 is 10.2 Å². The zero-order chi connectivity index (χ0) is 14.8.